The number of nitrogens with one attached hydrogen (secondary N) is 3. The zero-order chi connectivity index (χ0) is 13.2. The van der Waals surface area contributed by atoms with Crippen LogP contribution >= 0.6 is 24.2 Å². The Morgan fingerprint density at radius 3 is 3.05 bits per heavy atom. The smallest absolute Gasteiger partial charge is 0.123 e. The van der Waals surface area contributed by atoms with Crippen molar-refractivity contribution in [1.29, 1.82) is 0 Å². The number of rotatable bonds is 3. The number of benzene rings is 1. The van der Waals surface area contributed by atoms with Gasteiger partial charge in [-0.25, -0.2) is 4.39 Å². The van der Waals surface area contributed by atoms with E-state index in [2.05, 4.69) is 23.1 Å². The summed E-state index contributed by atoms with van der Waals surface area (Å²) in [5.41, 5.74) is 7.54. The third-order valence-corrected chi connectivity index (χ3v) is 5.16. The van der Waals surface area contributed by atoms with Gasteiger partial charge >= 0.3 is 0 Å². The van der Waals surface area contributed by atoms with Crippen LogP contribution in [0, 0.1) is 11.7 Å². The summed E-state index contributed by atoms with van der Waals surface area (Å²) >= 11 is 1.83. The fourth-order valence-corrected chi connectivity index (χ4v) is 3.87. The first-order valence-electron chi connectivity index (χ1n) is 6.88. The normalized spacial score (nSPS) is 28.8. The molecule has 112 valence electrons. The van der Waals surface area contributed by atoms with Gasteiger partial charge in [-0.2, -0.15) is 0 Å². The third kappa shape index (κ3) is 3.46. The van der Waals surface area contributed by atoms with E-state index in [-0.39, 0.29) is 18.2 Å². The molecular formula is C14H21ClFN3S. The van der Waals surface area contributed by atoms with E-state index in [1.54, 1.807) is 12.1 Å². The largest absolute Gasteiger partial charge is 0.309 e. The van der Waals surface area contributed by atoms with Crippen LogP contribution in [0.15, 0.2) is 23.1 Å². The number of hydrogen-bond donors (Lipinski definition) is 3. The lowest BCUT2D eigenvalue weighted by molar-refractivity contribution is 0.408. The maximum absolute atomic E-state index is 13.4. The van der Waals surface area contributed by atoms with Crippen LogP contribution in [0.2, 0.25) is 0 Å². The highest BCUT2D eigenvalue weighted by atomic mass is 35.5. The molecule has 2 aliphatic heterocycles. The molecule has 20 heavy (non-hydrogen) atoms. The molecule has 3 N–H and O–H groups in total. The molecule has 3 nitrogen and oxygen atoms in total. The Morgan fingerprint density at radius 2 is 2.30 bits per heavy atom. The Hall–Kier alpha value is -0.330. The first-order chi connectivity index (χ1) is 9.24. The minimum Gasteiger partial charge on any atom is -0.309 e. The van der Waals surface area contributed by atoms with Crippen molar-refractivity contribution in [2.75, 3.05) is 18.8 Å². The van der Waals surface area contributed by atoms with Gasteiger partial charge in [0.05, 0.1) is 0 Å². The van der Waals surface area contributed by atoms with Crippen molar-refractivity contribution in [3.63, 3.8) is 0 Å². The molecule has 3 atom stereocenters. The average molecular weight is 318 g/mol. The van der Waals surface area contributed by atoms with Gasteiger partial charge in [0.25, 0.3) is 0 Å². The average Bonchev–Trinajstić information content (AvgIpc) is 2.82. The van der Waals surface area contributed by atoms with Crippen LogP contribution in [0.3, 0.4) is 0 Å². The van der Waals surface area contributed by atoms with Crippen LogP contribution in [-0.4, -0.2) is 24.9 Å². The van der Waals surface area contributed by atoms with Gasteiger partial charge in [0.1, 0.15) is 5.82 Å². The molecule has 0 spiro atoms. The summed E-state index contributed by atoms with van der Waals surface area (Å²) in [7, 11) is 0. The van der Waals surface area contributed by atoms with Gasteiger partial charge in [0, 0.05) is 36.0 Å². The van der Waals surface area contributed by atoms with Crippen LogP contribution in [0.25, 0.3) is 0 Å². The Balaban J connectivity index is 0.00000147. The van der Waals surface area contributed by atoms with E-state index < -0.39 is 0 Å². The van der Waals surface area contributed by atoms with E-state index in [1.165, 1.54) is 4.90 Å². The predicted molar refractivity (Wildman–Crippen MR) is 83.8 cm³/mol. The molecule has 0 radical (unpaired) electrons. The number of fused-ring (bicyclic) bond motifs is 1. The highest BCUT2D eigenvalue weighted by Crippen LogP contribution is 2.36. The van der Waals surface area contributed by atoms with Crippen molar-refractivity contribution in [2.24, 2.45) is 5.92 Å². The van der Waals surface area contributed by atoms with Gasteiger partial charge in [0.2, 0.25) is 0 Å². The van der Waals surface area contributed by atoms with E-state index >= 15 is 0 Å². The van der Waals surface area contributed by atoms with Gasteiger partial charge in [-0.1, -0.05) is 0 Å². The molecular weight excluding hydrogens is 297 g/mol. The SMILES string of the molecule is CC1NNCC1CNC1CCSc2ccc(F)cc21.Cl. The van der Waals surface area contributed by atoms with Gasteiger partial charge in [-0.3, -0.25) is 10.9 Å². The summed E-state index contributed by atoms with van der Waals surface area (Å²) in [6.45, 7) is 4.15. The maximum atomic E-state index is 13.4. The molecule has 0 bridgehead atoms. The van der Waals surface area contributed by atoms with Gasteiger partial charge < -0.3 is 5.32 Å². The Bertz CT molecular complexity index is 460. The molecule has 0 aromatic heterocycles. The highest BCUT2D eigenvalue weighted by Gasteiger charge is 2.26. The van der Waals surface area contributed by atoms with Gasteiger partial charge in [-0.15, -0.1) is 24.2 Å². The van der Waals surface area contributed by atoms with Crippen molar-refractivity contribution in [2.45, 2.75) is 30.3 Å². The lowest BCUT2D eigenvalue weighted by Crippen LogP contribution is -2.35. The second-order valence-electron chi connectivity index (χ2n) is 5.35. The van der Waals surface area contributed by atoms with E-state index in [1.807, 2.05) is 17.8 Å². The van der Waals surface area contributed by atoms with Gasteiger partial charge in [0.15, 0.2) is 0 Å². The first kappa shape index (κ1) is 16.0. The molecule has 1 saturated heterocycles. The van der Waals surface area contributed by atoms with E-state index in [0.29, 0.717) is 18.0 Å². The molecule has 1 fully saturated rings. The van der Waals surface area contributed by atoms with Crippen LogP contribution < -0.4 is 16.2 Å². The minimum absolute atomic E-state index is 0. The molecule has 3 unspecified atom stereocenters. The summed E-state index contributed by atoms with van der Waals surface area (Å²) in [5.74, 6) is 1.56. The molecule has 2 aliphatic rings. The fraction of sp³-hybridized carbons (Fsp3) is 0.571. The fourth-order valence-electron chi connectivity index (χ4n) is 2.77. The van der Waals surface area contributed by atoms with E-state index in [0.717, 1.165) is 30.8 Å². The third-order valence-electron chi connectivity index (χ3n) is 4.04. The Kier molecular flexibility index (Phi) is 5.69. The maximum Gasteiger partial charge on any atom is 0.123 e. The summed E-state index contributed by atoms with van der Waals surface area (Å²) in [6, 6.07) is 5.93. The number of hydrogen-bond acceptors (Lipinski definition) is 4. The summed E-state index contributed by atoms with van der Waals surface area (Å²) < 4.78 is 13.4. The summed E-state index contributed by atoms with van der Waals surface area (Å²) in [5, 5.41) is 3.62. The first-order valence-corrected chi connectivity index (χ1v) is 7.86. The van der Waals surface area contributed by atoms with Crippen molar-refractivity contribution in [3.8, 4) is 0 Å². The monoisotopic (exact) mass is 317 g/mol. The Morgan fingerprint density at radius 1 is 1.45 bits per heavy atom. The van der Waals surface area contributed by atoms with E-state index in [4.69, 9.17) is 0 Å². The summed E-state index contributed by atoms with van der Waals surface area (Å²) in [6.07, 6.45) is 1.07. The van der Waals surface area contributed by atoms with E-state index in [9.17, 15) is 4.39 Å². The minimum atomic E-state index is -0.134. The lowest BCUT2D eigenvalue weighted by atomic mass is 10.00. The van der Waals surface area contributed by atoms with Crippen LogP contribution in [0.1, 0.15) is 24.9 Å². The second-order valence-corrected chi connectivity index (χ2v) is 6.49. The molecule has 1 aromatic carbocycles. The van der Waals surface area contributed by atoms with Crippen molar-refractivity contribution >= 4 is 24.2 Å². The molecule has 6 heteroatoms. The van der Waals surface area contributed by atoms with Crippen LogP contribution in [0.5, 0.6) is 0 Å². The van der Waals surface area contributed by atoms with Gasteiger partial charge in [-0.05, 0) is 42.9 Å². The zero-order valence-corrected chi connectivity index (χ0v) is 13.1. The molecule has 0 amide bonds. The molecule has 0 saturated carbocycles. The van der Waals surface area contributed by atoms with Crippen LogP contribution in [-0.2, 0) is 0 Å². The summed E-state index contributed by atoms with van der Waals surface area (Å²) in [4.78, 5) is 1.22. The predicted octanol–water partition coefficient (Wildman–Crippen LogP) is 2.49. The molecule has 3 rings (SSSR count). The lowest BCUT2D eigenvalue weighted by Gasteiger charge is -2.27. The standard InChI is InChI=1S/C14H20FN3S.ClH/c1-9-10(8-17-18-9)7-16-13-4-5-19-14-3-2-11(15)6-12(13)14;/h2-3,6,9-10,13,16-18H,4-5,7-8H2,1H3;1H. The quantitative estimate of drug-likeness (QED) is 0.800. The van der Waals surface area contributed by atoms with Crippen molar-refractivity contribution in [1.82, 2.24) is 16.2 Å². The van der Waals surface area contributed by atoms with Crippen molar-refractivity contribution < 1.29 is 4.39 Å². The molecule has 2 heterocycles. The van der Waals surface area contributed by atoms with Crippen molar-refractivity contribution in [3.05, 3.63) is 29.6 Å². The zero-order valence-electron chi connectivity index (χ0n) is 11.5. The second kappa shape index (κ2) is 7.09. The number of halogens is 2. The molecule has 0 aliphatic carbocycles. The topological polar surface area (TPSA) is 36.1 Å². The highest BCUT2D eigenvalue weighted by molar-refractivity contribution is 7.99. The van der Waals surface area contributed by atoms with Crippen LogP contribution in [0.4, 0.5) is 4.39 Å². The molecule has 1 aromatic rings. The number of thioether (sulfide) groups is 1. The number of hydrazine groups is 1. The Labute approximate surface area is 129 Å².